The van der Waals surface area contributed by atoms with Crippen molar-refractivity contribution in [3.05, 3.63) is 101 Å². The topological polar surface area (TPSA) is 117 Å². The van der Waals surface area contributed by atoms with Crippen LogP contribution in [-0.2, 0) is 38.6 Å². The van der Waals surface area contributed by atoms with Crippen LogP contribution in [0.4, 0.5) is 5.82 Å². The Balaban J connectivity index is 1.51. The lowest BCUT2D eigenvalue weighted by molar-refractivity contribution is -0.132. The van der Waals surface area contributed by atoms with Gasteiger partial charge in [0.15, 0.2) is 0 Å². The molecule has 4 rings (SSSR count). The lowest BCUT2D eigenvalue weighted by Crippen LogP contribution is -2.49. The number of hydrogen-bond donors (Lipinski definition) is 3. The molecule has 2 aliphatic rings. The van der Waals surface area contributed by atoms with E-state index < -0.39 is 5.97 Å². The van der Waals surface area contributed by atoms with Crippen LogP contribution in [0.2, 0.25) is 0 Å². The molecule has 1 fully saturated rings. The molecule has 1 saturated heterocycles. The van der Waals surface area contributed by atoms with Crippen LogP contribution in [0.5, 0.6) is 0 Å². The van der Waals surface area contributed by atoms with Crippen LogP contribution < -0.4 is 5.32 Å². The van der Waals surface area contributed by atoms with E-state index in [4.69, 9.17) is 19.6 Å². The van der Waals surface area contributed by atoms with E-state index in [0.717, 1.165) is 50.4 Å². The van der Waals surface area contributed by atoms with Gasteiger partial charge in [-0.25, -0.2) is 9.78 Å². The number of methoxy groups -OCH3 is 1. The molecule has 41 heavy (non-hydrogen) atoms. The second-order valence-electron chi connectivity index (χ2n) is 10.8. The molecule has 1 aromatic carbocycles. The molecule has 216 valence electrons. The van der Waals surface area contributed by atoms with Crippen molar-refractivity contribution in [2.45, 2.75) is 33.4 Å². The highest BCUT2D eigenvalue weighted by atomic mass is 16.5. The molecule has 0 bridgehead atoms. The van der Waals surface area contributed by atoms with E-state index in [1.165, 1.54) is 18.2 Å². The molecule has 0 saturated carbocycles. The number of carboxylic acid groups (broad SMARTS) is 1. The number of rotatable bonds is 13. The van der Waals surface area contributed by atoms with Crippen molar-refractivity contribution in [2.24, 2.45) is 5.41 Å². The molecule has 1 aromatic heterocycles. The number of hydrogen-bond acceptors (Lipinski definition) is 8. The highest BCUT2D eigenvalue weighted by Crippen LogP contribution is 2.31. The summed E-state index contributed by atoms with van der Waals surface area (Å²) in [5.41, 5.74) is 5.66. The van der Waals surface area contributed by atoms with Crippen LogP contribution in [0.15, 0.2) is 78.4 Å². The van der Waals surface area contributed by atoms with Gasteiger partial charge in [-0.05, 0) is 47.7 Å². The maximum atomic E-state index is 11.5. The third kappa shape index (κ3) is 7.11. The summed E-state index contributed by atoms with van der Waals surface area (Å²) in [5.74, 6) is -0.483. The predicted octanol–water partition coefficient (Wildman–Crippen LogP) is 5.17. The molecular formula is C32H38N4O5. The minimum absolute atomic E-state index is 0.0977. The average molecular weight is 559 g/mol. The maximum absolute atomic E-state index is 11.5. The van der Waals surface area contributed by atoms with E-state index in [2.05, 4.69) is 53.5 Å². The van der Waals surface area contributed by atoms with Gasteiger partial charge in [-0.1, -0.05) is 50.4 Å². The van der Waals surface area contributed by atoms with Gasteiger partial charge in [0.1, 0.15) is 23.8 Å². The molecule has 9 nitrogen and oxygen atoms in total. The summed E-state index contributed by atoms with van der Waals surface area (Å²) in [5, 5.41) is 19.6. The number of pyridine rings is 1. The quantitative estimate of drug-likeness (QED) is 0.133. The third-order valence-corrected chi connectivity index (χ3v) is 7.18. The normalized spacial score (nSPS) is 17.1. The van der Waals surface area contributed by atoms with Crippen molar-refractivity contribution in [3.8, 4) is 0 Å². The molecule has 0 spiro atoms. The average Bonchev–Trinajstić information content (AvgIpc) is 2.94. The Kier molecular flexibility index (Phi) is 9.42. The van der Waals surface area contributed by atoms with E-state index in [9.17, 15) is 9.90 Å². The number of anilines is 1. The first-order valence-electron chi connectivity index (χ1n) is 13.5. The van der Waals surface area contributed by atoms with Crippen LogP contribution >= 0.6 is 0 Å². The van der Waals surface area contributed by atoms with Crippen molar-refractivity contribution in [1.82, 2.24) is 9.88 Å². The number of aromatic nitrogens is 1. The minimum Gasteiger partial charge on any atom is -0.488 e. The Morgan fingerprint density at radius 1 is 1.29 bits per heavy atom. The standard InChI is InChI=1S/C32H38N4O5/c1-6-25(27-8-7-9-28(34-27)35-30(39-5)26(15-33)31(37)38)29(21(2)3)41-17-22-10-11-24-16-36(13-12-23(24)14-22)18-32(4)19-40-20-32/h6-11,14-15,33H,1-2,12-13,16-20H2,3-5H3,(H,34,35)(H,37,38)/b29-25-,30-26-,33-15?. The first-order valence-corrected chi connectivity index (χ1v) is 13.5. The number of aliphatic carboxylic acids is 1. The second kappa shape index (κ2) is 13.0. The van der Waals surface area contributed by atoms with Crippen molar-refractivity contribution < 1.29 is 24.1 Å². The summed E-state index contributed by atoms with van der Waals surface area (Å²) < 4.78 is 16.9. The fraction of sp³-hybridized carbons (Fsp3) is 0.344. The molecule has 3 N–H and O–H groups in total. The zero-order valence-electron chi connectivity index (χ0n) is 24.0. The lowest BCUT2D eigenvalue weighted by atomic mass is 9.87. The van der Waals surface area contributed by atoms with Crippen molar-refractivity contribution >= 4 is 23.6 Å². The van der Waals surface area contributed by atoms with Gasteiger partial charge in [0.25, 0.3) is 0 Å². The summed E-state index contributed by atoms with van der Waals surface area (Å²) in [6, 6.07) is 11.8. The smallest absolute Gasteiger partial charge is 0.342 e. The van der Waals surface area contributed by atoms with E-state index in [-0.39, 0.29) is 16.9 Å². The van der Waals surface area contributed by atoms with Gasteiger partial charge in [-0.15, -0.1) is 0 Å². The monoisotopic (exact) mass is 558 g/mol. The van der Waals surface area contributed by atoms with Gasteiger partial charge in [-0.3, -0.25) is 4.90 Å². The number of nitrogens with zero attached hydrogens (tertiary/aromatic N) is 2. The van der Waals surface area contributed by atoms with Gasteiger partial charge in [-0.2, -0.15) is 0 Å². The highest BCUT2D eigenvalue weighted by molar-refractivity contribution is 6.08. The summed E-state index contributed by atoms with van der Waals surface area (Å²) in [7, 11) is 1.32. The summed E-state index contributed by atoms with van der Waals surface area (Å²) >= 11 is 0. The Hall–Kier alpha value is -4.21. The Bertz CT molecular complexity index is 1410. The fourth-order valence-electron chi connectivity index (χ4n) is 5.09. The van der Waals surface area contributed by atoms with Crippen LogP contribution in [-0.4, -0.2) is 60.6 Å². The van der Waals surface area contributed by atoms with Crippen LogP contribution in [0.1, 0.15) is 36.2 Å². The van der Waals surface area contributed by atoms with Gasteiger partial charge < -0.3 is 30.0 Å². The zero-order valence-corrected chi connectivity index (χ0v) is 24.0. The Morgan fingerprint density at radius 3 is 2.68 bits per heavy atom. The number of carbonyl (C=O) groups is 1. The molecular weight excluding hydrogens is 520 g/mol. The number of allylic oxidation sites excluding steroid dienone is 3. The van der Waals surface area contributed by atoms with Gasteiger partial charge >= 0.3 is 5.97 Å². The molecule has 2 aliphatic heterocycles. The Labute approximate surface area is 241 Å². The number of ether oxygens (including phenoxy) is 3. The number of nitrogens with one attached hydrogen (secondary N) is 2. The summed E-state index contributed by atoms with van der Waals surface area (Å²) in [6.07, 6.45) is 3.38. The zero-order chi connectivity index (χ0) is 29.6. The predicted molar refractivity (Wildman–Crippen MR) is 159 cm³/mol. The number of fused-ring (bicyclic) bond motifs is 1. The molecule has 2 aromatic rings. The lowest BCUT2D eigenvalue weighted by Gasteiger charge is -2.43. The number of benzene rings is 1. The van der Waals surface area contributed by atoms with Gasteiger partial charge in [0, 0.05) is 36.8 Å². The van der Waals surface area contributed by atoms with Crippen LogP contribution in [0, 0.1) is 10.8 Å². The molecule has 3 heterocycles. The summed E-state index contributed by atoms with van der Waals surface area (Å²) in [6.45, 7) is 17.3. The SMILES string of the molecule is C=C/C(=C(/OCc1ccc2c(c1)CCN(CC1(C)COC1)C2)C(=C)C)c1cccc(N/C(OC)=C(\C=N)C(=O)O)n1. The Morgan fingerprint density at radius 2 is 2.07 bits per heavy atom. The molecule has 0 unspecified atom stereocenters. The molecule has 9 heteroatoms. The number of carboxylic acids is 1. The maximum Gasteiger partial charge on any atom is 0.342 e. The van der Waals surface area contributed by atoms with E-state index in [1.54, 1.807) is 24.3 Å². The fourth-order valence-corrected chi connectivity index (χ4v) is 5.09. The second-order valence-corrected chi connectivity index (χ2v) is 10.8. The minimum atomic E-state index is -1.29. The molecule has 0 aliphatic carbocycles. The molecule has 0 atom stereocenters. The van der Waals surface area contributed by atoms with Gasteiger partial charge in [0.2, 0.25) is 5.88 Å². The largest absolute Gasteiger partial charge is 0.488 e. The first-order chi connectivity index (χ1) is 19.7. The van der Waals surface area contributed by atoms with E-state index in [0.29, 0.717) is 35.7 Å². The van der Waals surface area contributed by atoms with Crippen molar-refractivity contribution in [2.75, 3.05) is 38.7 Å². The van der Waals surface area contributed by atoms with Crippen LogP contribution in [0.3, 0.4) is 0 Å². The highest BCUT2D eigenvalue weighted by Gasteiger charge is 2.35. The van der Waals surface area contributed by atoms with Crippen molar-refractivity contribution in [1.29, 1.82) is 5.41 Å². The van der Waals surface area contributed by atoms with Gasteiger partial charge in [0.05, 0.1) is 26.0 Å². The van der Waals surface area contributed by atoms with E-state index >= 15 is 0 Å². The summed E-state index contributed by atoms with van der Waals surface area (Å²) in [4.78, 5) is 18.6. The molecule has 0 radical (unpaired) electrons. The van der Waals surface area contributed by atoms with Crippen molar-refractivity contribution in [3.63, 3.8) is 0 Å². The van der Waals surface area contributed by atoms with Crippen LogP contribution in [0.25, 0.3) is 5.57 Å². The first kappa shape index (κ1) is 29.8. The third-order valence-electron chi connectivity index (χ3n) is 7.18. The molecule has 0 amide bonds. The van der Waals surface area contributed by atoms with E-state index in [1.807, 2.05) is 6.92 Å².